The molecule has 1 heterocycles. The van der Waals surface area contributed by atoms with E-state index in [-0.39, 0.29) is 11.7 Å². The number of ether oxygens (including phenoxy) is 1. The molecule has 0 unspecified atom stereocenters. The number of rotatable bonds is 9. The van der Waals surface area contributed by atoms with Crippen LogP contribution in [0.2, 0.25) is 0 Å². The molecule has 29 heavy (non-hydrogen) atoms. The number of hydrogen-bond donors (Lipinski definition) is 0. The van der Waals surface area contributed by atoms with Crippen LogP contribution in [0.15, 0.2) is 47.4 Å². The standard InChI is InChI=1S/C21H24FN3O2S2/c1-24(2)11-12-25(21-23-18-9-4-15(22)14-19(18)29-21)20(26)10-13-28-17-7-5-16(27-3)6-8-17/h4-9,14H,10-13H2,1-3H3. The summed E-state index contributed by atoms with van der Waals surface area (Å²) >= 11 is 2.98. The van der Waals surface area contributed by atoms with Crippen LogP contribution in [0.1, 0.15) is 6.42 Å². The summed E-state index contributed by atoms with van der Waals surface area (Å²) in [6.45, 7) is 1.27. The average molecular weight is 434 g/mol. The molecule has 0 N–H and O–H groups in total. The lowest BCUT2D eigenvalue weighted by Crippen LogP contribution is -2.36. The average Bonchev–Trinajstić information content (AvgIpc) is 3.11. The molecule has 0 saturated carbocycles. The number of methoxy groups -OCH3 is 1. The van der Waals surface area contributed by atoms with Gasteiger partial charge >= 0.3 is 0 Å². The summed E-state index contributed by atoms with van der Waals surface area (Å²) in [5.41, 5.74) is 0.710. The zero-order valence-electron chi connectivity index (χ0n) is 16.7. The second-order valence-corrected chi connectivity index (χ2v) is 8.91. The van der Waals surface area contributed by atoms with Gasteiger partial charge in [-0.1, -0.05) is 11.3 Å². The number of aromatic nitrogens is 1. The van der Waals surface area contributed by atoms with Crippen LogP contribution < -0.4 is 9.64 Å². The van der Waals surface area contributed by atoms with Crippen molar-refractivity contribution in [1.29, 1.82) is 0 Å². The van der Waals surface area contributed by atoms with Crippen molar-refractivity contribution in [3.63, 3.8) is 0 Å². The molecule has 0 fully saturated rings. The lowest BCUT2D eigenvalue weighted by molar-refractivity contribution is -0.118. The molecule has 0 aliphatic rings. The van der Waals surface area contributed by atoms with Gasteiger partial charge in [0.2, 0.25) is 5.91 Å². The molecule has 0 spiro atoms. The Morgan fingerprint density at radius 1 is 1.17 bits per heavy atom. The quantitative estimate of drug-likeness (QED) is 0.464. The van der Waals surface area contributed by atoms with Crippen LogP contribution in [0.3, 0.4) is 0 Å². The number of halogens is 1. The monoisotopic (exact) mass is 433 g/mol. The summed E-state index contributed by atoms with van der Waals surface area (Å²) < 4.78 is 19.4. The Kier molecular flexibility index (Phi) is 7.46. The zero-order valence-corrected chi connectivity index (χ0v) is 18.4. The van der Waals surface area contributed by atoms with E-state index in [1.54, 1.807) is 29.8 Å². The fourth-order valence-electron chi connectivity index (χ4n) is 2.69. The van der Waals surface area contributed by atoms with Crippen LogP contribution in [0.4, 0.5) is 9.52 Å². The number of hydrogen-bond acceptors (Lipinski definition) is 6. The molecule has 0 bridgehead atoms. The topological polar surface area (TPSA) is 45.7 Å². The summed E-state index contributed by atoms with van der Waals surface area (Å²) in [6, 6.07) is 12.3. The molecular formula is C21H24FN3O2S2. The largest absolute Gasteiger partial charge is 0.497 e. The molecule has 1 amide bonds. The van der Waals surface area contributed by atoms with Crippen molar-refractivity contribution in [3.05, 3.63) is 48.3 Å². The number of fused-ring (bicyclic) bond motifs is 1. The lowest BCUT2D eigenvalue weighted by Gasteiger charge is -2.22. The maximum Gasteiger partial charge on any atom is 0.229 e. The van der Waals surface area contributed by atoms with E-state index in [0.717, 1.165) is 21.9 Å². The minimum absolute atomic E-state index is 0.0207. The van der Waals surface area contributed by atoms with Crippen molar-refractivity contribution in [2.45, 2.75) is 11.3 Å². The van der Waals surface area contributed by atoms with Crippen LogP contribution in [-0.2, 0) is 4.79 Å². The summed E-state index contributed by atoms with van der Waals surface area (Å²) in [7, 11) is 5.57. The highest BCUT2D eigenvalue weighted by molar-refractivity contribution is 7.99. The Morgan fingerprint density at radius 2 is 1.93 bits per heavy atom. The number of carbonyl (C=O) groups is 1. The minimum atomic E-state index is -0.297. The summed E-state index contributed by atoms with van der Waals surface area (Å²) in [4.78, 5) is 22.4. The van der Waals surface area contributed by atoms with Gasteiger partial charge in [0.05, 0.1) is 17.3 Å². The first-order chi connectivity index (χ1) is 14.0. The van der Waals surface area contributed by atoms with E-state index in [1.807, 2.05) is 43.3 Å². The fourth-order valence-corrected chi connectivity index (χ4v) is 4.57. The van der Waals surface area contributed by atoms with Crippen molar-refractivity contribution in [2.24, 2.45) is 0 Å². The molecule has 0 saturated heterocycles. The number of nitrogens with zero attached hydrogens (tertiary/aromatic N) is 3. The molecule has 154 valence electrons. The van der Waals surface area contributed by atoms with Crippen molar-refractivity contribution >= 4 is 44.4 Å². The van der Waals surface area contributed by atoms with Crippen molar-refractivity contribution in [2.75, 3.05) is 44.9 Å². The Labute approximate surface area is 178 Å². The van der Waals surface area contributed by atoms with E-state index in [9.17, 15) is 9.18 Å². The van der Waals surface area contributed by atoms with E-state index >= 15 is 0 Å². The van der Waals surface area contributed by atoms with Gasteiger partial charge in [0.15, 0.2) is 5.13 Å². The second-order valence-electron chi connectivity index (χ2n) is 6.73. The van der Waals surface area contributed by atoms with E-state index in [0.29, 0.717) is 29.4 Å². The van der Waals surface area contributed by atoms with Crippen LogP contribution in [-0.4, -0.2) is 55.8 Å². The van der Waals surface area contributed by atoms with Crippen LogP contribution >= 0.6 is 23.1 Å². The molecule has 2 aromatic carbocycles. The predicted octanol–water partition coefficient (Wildman–Crippen LogP) is 4.52. The lowest BCUT2D eigenvalue weighted by atomic mass is 10.3. The highest BCUT2D eigenvalue weighted by Gasteiger charge is 2.20. The molecule has 8 heteroatoms. The number of thioether (sulfide) groups is 1. The van der Waals surface area contributed by atoms with Crippen molar-refractivity contribution in [3.8, 4) is 5.75 Å². The molecule has 5 nitrogen and oxygen atoms in total. The van der Waals surface area contributed by atoms with Gasteiger partial charge in [-0.15, -0.1) is 11.8 Å². The first kappa shape index (κ1) is 21.5. The smallest absolute Gasteiger partial charge is 0.229 e. The van der Waals surface area contributed by atoms with Gasteiger partial charge in [-0.25, -0.2) is 9.37 Å². The number of anilines is 1. The van der Waals surface area contributed by atoms with E-state index in [2.05, 4.69) is 4.98 Å². The van der Waals surface area contributed by atoms with Crippen LogP contribution in [0.5, 0.6) is 5.75 Å². The molecule has 0 radical (unpaired) electrons. The Hall–Kier alpha value is -2.16. The van der Waals surface area contributed by atoms with Crippen molar-refractivity contribution < 1.29 is 13.9 Å². The number of likely N-dealkylation sites (N-methyl/N-ethyl adjacent to an activating group) is 1. The van der Waals surface area contributed by atoms with Gasteiger partial charge in [-0.2, -0.15) is 0 Å². The molecular weight excluding hydrogens is 409 g/mol. The maximum atomic E-state index is 13.5. The number of benzene rings is 2. The fraction of sp³-hybridized carbons (Fsp3) is 0.333. The molecule has 3 aromatic rings. The van der Waals surface area contributed by atoms with Crippen molar-refractivity contribution in [1.82, 2.24) is 9.88 Å². The third-order valence-corrected chi connectivity index (χ3v) is 6.34. The Balaban J connectivity index is 1.68. The molecule has 1 aromatic heterocycles. The number of carbonyl (C=O) groups excluding carboxylic acids is 1. The van der Waals surface area contributed by atoms with Gasteiger partial charge in [0, 0.05) is 30.2 Å². The zero-order chi connectivity index (χ0) is 20.8. The third kappa shape index (κ3) is 5.91. The van der Waals surface area contributed by atoms with Crippen LogP contribution in [0, 0.1) is 5.82 Å². The summed E-state index contributed by atoms with van der Waals surface area (Å²) in [6.07, 6.45) is 0.397. The van der Waals surface area contributed by atoms with Gasteiger partial charge in [-0.05, 0) is 56.6 Å². The molecule has 0 atom stereocenters. The summed E-state index contributed by atoms with van der Waals surface area (Å²) in [5.74, 6) is 1.21. The predicted molar refractivity (Wildman–Crippen MR) is 119 cm³/mol. The third-order valence-electron chi connectivity index (χ3n) is 4.29. The van der Waals surface area contributed by atoms with Gasteiger partial charge in [0.1, 0.15) is 11.6 Å². The van der Waals surface area contributed by atoms with Crippen LogP contribution in [0.25, 0.3) is 10.2 Å². The first-order valence-electron chi connectivity index (χ1n) is 9.24. The number of thiazole rings is 1. The first-order valence-corrected chi connectivity index (χ1v) is 11.0. The van der Waals surface area contributed by atoms with Gasteiger partial charge < -0.3 is 9.64 Å². The van der Waals surface area contributed by atoms with Gasteiger partial charge in [-0.3, -0.25) is 9.69 Å². The van der Waals surface area contributed by atoms with Gasteiger partial charge in [0.25, 0.3) is 0 Å². The molecule has 0 aliphatic carbocycles. The van der Waals surface area contributed by atoms with E-state index < -0.39 is 0 Å². The van der Waals surface area contributed by atoms with E-state index in [4.69, 9.17) is 4.74 Å². The van der Waals surface area contributed by atoms with E-state index in [1.165, 1.54) is 23.5 Å². The number of amides is 1. The normalized spacial score (nSPS) is 11.2. The Morgan fingerprint density at radius 3 is 2.62 bits per heavy atom. The second kappa shape index (κ2) is 10.0. The summed E-state index contributed by atoms with van der Waals surface area (Å²) in [5, 5.41) is 0.617. The highest BCUT2D eigenvalue weighted by atomic mass is 32.2. The minimum Gasteiger partial charge on any atom is -0.497 e. The molecule has 3 rings (SSSR count). The highest BCUT2D eigenvalue weighted by Crippen LogP contribution is 2.30. The SMILES string of the molecule is COc1ccc(SCCC(=O)N(CCN(C)C)c2nc3ccc(F)cc3s2)cc1. The maximum absolute atomic E-state index is 13.5. The Bertz CT molecular complexity index is 960. The molecule has 0 aliphatic heterocycles.